The number of nitrogens with zero attached hydrogens (tertiary/aromatic N) is 1. The number of amides is 1. The summed E-state index contributed by atoms with van der Waals surface area (Å²) in [6.45, 7) is 0. The highest BCUT2D eigenvalue weighted by molar-refractivity contribution is 7.16. The molecule has 0 aliphatic heterocycles. The molecule has 1 fully saturated rings. The molecule has 5 rings (SSSR count). The number of hydrogen-bond acceptors (Lipinski definition) is 4. The number of hydrogen-bond donors (Lipinski definition) is 1. The van der Waals surface area contributed by atoms with Gasteiger partial charge in [-0.15, -0.1) is 34.5 Å². The minimum Gasteiger partial charge on any atom is -0.326 e. The number of nitrogens with one attached hydrogen (secondary N) is 1. The lowest BCUT2D eigenvalue weighted by Crippen LogP contribution is -2.17. The van der Waals surface area contributed by atoms with Gasteiger partial charge < -0.3 is 5.32 Å². The molecule has 1 N–H and O–H groups in total. The summed E-state index contributed by atoms with van der Waals surface area (Å²) in [6.07, 6.45) is 0.164. The number of carbonyl (C=O) groups is 2. The molecule has 1 amide bonds. The molecule has 1 saturated carbocycles. The number of Topliss-reactive ketones (excluding diaryl/α,β-unsaturated/α-hetero) is 1. The van der Waals surface area contributed by atoms with E-state index in [2.05, 4.69) is 10.3 Å². The molecule has 4 aromatic rings. The molecule has 1 heterocycles. The highest BCUT2D eigenvalue weighted by Crippen LogP contribution is 2.65. The fourth-order valence-electron chi connectivity index (χ4n) is 4.15. The summed E-state index contributed by atoms with van der Waals surface area (Å²) >= 11 is 32.9. The number of rotatable bonds is 6. The van der Waals surface area contributed by atoms with Crippen molar-refractivity contribution < 1.29 is 9.59 Å². The minimum atomic E-state index is -1.31. The second kappa shape index (κ2) is 9.55. The van der Waals surface area contributed by atoms with Crippen LogP contribution in [0.3, 0.4) is 0 Å². The maximum Gasteiger partial charge on any atom is 0.231 e. The standard InChI is InChI=1S/C25H15Cl5N2O2S/c26-14-7-13(8-15(27)9-14)22-23(25(22,29)30)24(34)32-16-2-3-18(28)17(10-16)20(33)5-12-1-4-19-21(6-12)35-11-31-19/h1-4,6-11,22-23H,5H2,(H,32,34). The van der Waals surface area contributed by atoms with E-state index in [0.717, 1.165) is 15.8 Å². The van der Waals surface area contributed by atoms with Crippen LogP contribution in [0.2, 0.25) is 15.1 Å². The van der Waals surface area contributed by atoms with Gasteiger partial charge in [-0.1, -0.05) is 40.9 Å². The maximum atomic E-state index is 13.0. The Morgan fingerprint density at radius 1 is 0.971 bits per heavy atom. The summed E-state index contributed by atoms with van der Waals surface area (Å²) in [4.78, 5) is 30.3. The minimum absolute atomic E-state index is 0.164. The largest absolute Gasteiger partial charge is 0.326 e. The predicted octanol–water partition coefficient (Wildman–Crippen LogP) is 8.21. The first kappa shape index (κ1) is 24.8. The van der Waals surface area contributed by atoms with E-state index in [1.165, 1.54) is 11.3 Å². The van der Waals surface area contributed by atoms with Crippen LogP contribution in [-0.2, 0) is 11.2 Å². The average molecular weight is 585 g/mol. The molecule has 10 heteroatoms. The molecule has 2 unspecified atom stereocenters. The van der Waals surface area contributed by atoms with Gasteiger partial charge in [0.25, 0.3) is 0 Å². The Morgan fingerprint density at radius 2 is 1.71 bits per heavy atom. The Hall–Kier alpha value is -1.86. The van der Waals surface area contributed by atoms with Crippen LogP contribution in [0.5, 0.6) is 0 Å². The van der Waals surface area contributed by atoms with Gasteiger partial charge >= 0.3 is 0 Å². The first-order valence-corrected chi connectivity index (χ1v) is 13.2. The van der Waals surface area contributed by atoms with Crippen molar-refractivity contribution in [1.29, 1.82) is 0 Å². The third-order valence-electron chi connectivity index (χ3n) is 5.87. The highest BCUT2D eigenvalue weighted by atomic mass is 35.5. The van der Waals surface area contributed by atoms with Crippen LogP contribution in [0.15, 0.2) is 60.1 Å². The summed E-state index contributed by atoms with van der Waals surface area (Å²) in [5.74, 6) is -1.75. The van der Waals surface area contributed by atoms with Gasteiger partial charge in [-0.2, -0.15) is 0 Å². The van der Waals surface area contributed by atoms with Crippen molar-refractivity contribution >= 4 is 96.9 Å². The number of benzene rings is 3. The number of fused-ring (bicyclic) bond motifs is 1. The maximum absolute atomic E-state index is 13.0. The Balaban J connectivity index is 1.33. The molecule has 4 nitrogen and oxygen atoms in total. The van der Waals surface area contributed by atoms with Crippen LogP contribution in [0.1, 0.15) is 27.4 Å². The molecule has 1 aromatic heterocycles. The molecule has 178 valence electrons. The van der Waals surface area contributed by atoms with Crippen molar-refractivity contribution in [3.8, 4) is 0 Å². The molecule has 3 aromatic carbocycles. The van der Waals surface area contributed by atoms with Crippen LogP contribution < -0.4 is 5.32 Å². The van der Waals surface area contributed by atoms with Crippen molar-refractivity contribution in [1.82, 2.24) is 4.98 Å². The number of thiazole rings is 1. The van der Waals surface area contributed by atoms with Gasteiger partial charge in [0.05, 0.1) is 26.7 Å². The van der Waals surface area contributed by atoms with Gasteiger partial charge in [-0.3, -0.25) is 9.59 Å². The number of alkyl halides is 2. The average Bonchev–Trinajstić information content (AvgIpc) is 3.11. The molecular formula is C25H15Cl5N2O2S. The summed E-state index contributed by atoms with van der Waals surface area (Å²) in [6, 6.07) is 15.4. The van der Waals surface area contributed by atoms with Gasteiger partial charge in [0.15, 0.2) is 5.78 Å². The van der Waals surface area contributed by atoms with Gasteiger partial charge in [0.1, 0.15) is 4.33 Å². The summed E-state index contributed by atoms with van der Waals surface area (Å²) < 4.78 is -0.300. The molecule has 0 spiro atoms. The van der Waals surface area contributed by atoms with Crippen molar-refractivity contribution in [2.75, 3.05) is 5.32 Å². The van der Waals surface area contributed by atoms with Crippen LogP contribution in [0, 0.1) is 5.92 Å². The topological polar surface area (TPSA) is 59.1 Å². The molecular weight excluding hydrogens is 570 g/mol. The van der Waals surface area contributed by atoms with Crippen molar-refractivity contribution in [2.24, 2.45) is 5.92 Å². The van der Waals surface area contributed by atoms with Crippen molar-refractivity contribution in [2.45, 2.75) is 16.7 Å². The number of ketones is 1. The second-order valence-corrected chi connectivity index (χ2v) is 11.9. The van der Waals surface area contributed by atoms with E-state index in [9.17, 15) is 9.59 Å². The van der Waals surface area contributed by atoms with E-state index in [0.29, 0.717) is 31.9 Å². The summed E-state index contributed by atoms with van der Waals surface area (Å²) in [5, 5.41) is 3.96. The molecule has 0 radical (unpaired) electrons. The third-order valence-corrected chi connectivity index (χ3v) is 8.37. The molecule has 0 saturated heterocycles. The Kier molecular flexibility index (Phi) is 6.77. The zero-order valence-corrected chi connectivity index (χ0v) is 22.3. The quantitative estimate of drug-likeness (QED) is 0.184. The fraction of sp³-hybridized carbons (Fsp3) is 0.160. The molecule has 2 atom stereocenters. The highest BCUT2D eigenvalue weighted by Gasteiger charge is 2.67. The number of aromatic nitrogens is 1. The monoisotopic (exact) mass is 582 g/mol. The van der Waals surface area contributed by atoms with E-state index >= 15 is 0 Å². The SMILES string of the molecule is O=C(Cc1ccc2ncsc2c1)c1cc(NC(=O)C2C(c3cc(Cl)cc(Cl)c3)C2(Cl)Cl)ccc1Cl. The zero-order chi connectivity index (χ0) is 24.9. The Bertz CT molecular complexity index is 1470. The number of halogens is 5. The zero-order valence-electron chi connectivity index (χ0n) is 17.7. The number of carbonyl (C=O) groups excluding carboxylic acids is 2. The second-order valence-electron chi connectivity index (χ2n) is 8.27. The van der Waals surface area contributed by atoms with E-state index < -0.39 is 16.2 Å². The van der Waals surface area contributed by atoms with Gasteiger partial charge in [0, 0.05) is 33.6 Å². The first-order chi connectivity index (χ1) is 16.6. The Labute approximate surface area is 230 Å². The van der Waals surface area contributed by atoms with Crippen molar-refractivity contribution in [3.63, 3.8) is 0 Å². The molecule has 1 aliphatic carbocycles. The molecule has 35 heavy (non-hydrogen) atoms. The predicted molar refractivity (Wildman–Crippen MR) is 145 cm³/mol. The number of anilines is 1. The molecule has 1 aliphatic rings. The Morgan fingerprint density at radius 3 is 2.46 bits per heavy atom. The lowest BCUT2D eigenvalue weighted by molar-refractivity contribution is -0.117. The van der Waals surface area contributed by atoms with Crippen LogP contribution in [0.25, 0.3) is 10.2 Å². The van der Waals surface area contributed by atoms with Gasteiger partial charge in [-0.25, -0.2) is 4.98 Å². The van der Waals surface area contributed by atoms with Crippen LogP contribution >= 0.6 is 69.3 Å². The lowest BCUT2D eigenvalue weighted by Gasteiger charge is -2.09. The van der Waals surface area contributed by atoms with Gasteiger partial charge in [0.2, 0.25) is 5.91 Å². The van der Waals surface area contributed by atoms with Crippen molar-refractivity contribution in [3.05, 3.63) is 91.9 Å². The van der Waals surface area contributed by atoms with Crippen LogP contribution in [-0.4, -0.2) is 21.0 Å². The third kappa shape index (κ3) is 5.04. The summed E-state index contributed by atoms with van der Waals surface area (Å²) in [7, 11) is 0. The fourth-order valence-corrected chi connectivity index (χ4v) is 6.48. The van der Waals surface area contributed by atoms with Gasteiger partial charge in [-0.05, 0) is 59.7 Å². The van der Waals surface area contributed by atoms with E-state index in [4.69, 9.17) is 58.0 Å². The van der Waals surface area contributed by atoms with E-state index in [1.807, 2.05) is 18.2 Å². The van der Waals surface area contributed by atoms with Crippen LogP contribution in [0.4, 0.5) is 5.69 Å². The molecule has 0 bridgehead atoms. The van der Waals surface area contributed by atoms with E-state index in [1.54, 1.807) is 41.9 Å². The first-order valence-electron chi connectivity index (χ1n) is 10.4. The normalized spacial score (nSPS) is 18.4. The summed E-state index contributed by atoms with van der Waals surface area (Å²) in [5.41, 5.74) is 4.92. The van der Waals surface area contributed by atoms with E-state index in [-0.39, 0.29) is 18.1 Å². The lowest BCUT2D eigenvalue weighted by atomic mass is 10.0. The smallest absolute Gasteiger partial charge is 0.231 e.